The van der Waals surface area contributed by atoms with Gasteiger partial charge < -0.3 is 9.84 Å². The normalized spacial score (nSPS) is 12.3. The Labute approximate surface area is 169 Å². The van der Waals surface area contributed by atoms with Gasteiger partial charge in [-0.15, -0.1) is 0 Å². The van der Waals surface area contributed by atoms with E-state index in [0.29, 0.717) is 11.6 Å². The number of ether oxygens (including phenoxy) is 1. The summed E-state index contributed by atoms with van der Waals surface area (Å²) in [5.74, 6) is -0.856. The highest BCUT2D eigenvalue weighted by Crippen LogP contribution is 2.19. The highest BCUT2D eigenvalue weighted by Gasteiger charge is 2.18. The van der Waals surface area contributed by atoms with E-state index in [1.54, 1.807) is 0 Å². The van der Waals surface area contributed by atoms with Crippen LogP contribution >= 0.6 is 11.8 Å². The second-order valence-corrected chi connectivity index (χ2v) is 7.02. The minimum Gasteiger partial charge on any atom is -0.512 e. The smallest absolute Gasteiger partial charge is 0.316 e. The van der Waals surface area contributed by atoms with Crippen LogP contribution in [0.4, 0.5) is 0 Å². The Bertz CT molecular complexity index is 857. The molecule has 28 heavy (non-hydrogen) atoms. The SMILES string of the molecule is CC(=O)C(C(=NCc1ccccc1)SCC(=O)OCc1ccccc1)=C(C)O. The number of aliphatic hydroxyl groups excluding tert-OH is 1. The molecule has 0 saturated carbocycles. The molecule has 0 aliphatic rings. The van der Waals surface area contributed by atoms with Gasteiger partial charge in [0.25, 0.3) is 0 Å². The standard InChI is InChI=1S/C22H23NO4S/c1-16(24)21(17(2)25)22(23-13-18-9-5-3-6-10-18)28-15-20(26)27-14-19-11-7-4-8-12-19/h3-12,24H,13-15H2,1-2H3. The number of carbonyl (C=O) groups excluding carboxylic acids is 2. The fourth-order valence-corrected chi connectivity index (χ4v) is 3.34. The number of nitrogens with zero attached hydrogens (tertiary/aromatic N) is 1. The fraction of sp³-hybridized carbons (Fsp3) is 0.227. The van der Waals surface area contributed by atoms with Crippen molar-refractivity contribution in [3.05, 3.63) is 83.1 Å². The van der Waals surface area contributed by atoms with Crippen molar-refractivity contribution in [3.8, 4) is 0 Å². The lowest BCUT2D eigenvalue weighted by Crippen LogP contribution is -2.14. The molecule has 0 heterocycles. The number of benzene rings is 2. The first-order valence-corrected chi connectivity index (χ1v) is 9.77. The molecule has 5 nitrogen and oxygen atoms in total. The average Bonchev–Trinajstić information content (AvgIpc) is 2.69. The number of aliphatic hydroxyl groups is 1. The molecule has 0 aromatic heterocycles. The third-order valence-corrected chi connectivity index (χ3v) is 4.73. The molecule has 2 rings (SSSR count). The minimum atomic E-state index is -0.417. The van der Waals surface area contributed by atoms with Gasteiger partial charge in [0.2, 0.25) is 0 Å². The van der Waals surface area contributed by atoms with E-state index in [4.69, 9.17) is 4.74 Å². The van der Waals surface area contributed by atoms with Gasteiger partial charge in [0.05, 0.1) is 17.9 Å². The number of esters is 1. The highest BCUT2D eigenvalue weighted by atomic mass is 32.2. The van der Waals surface area contributed by atoms with E-state index in [-0.39, 0.29) is 29.5 Å². The molecule has 1 N–H and O–H groups in total. The molecule has 0 fully saturated rings. The molecule has 0 amide bonds. The van der Waals surface area contributed by atoms with Gasteiger partial charge in [-0.05, 0) is 25.0 Å². The van der Waals surface area contributed by atoms with Crippen molar-refractivity contribution < 1.29 is 19.4 Å². The molecule has 0 atom stereocenters. The van der Waals surface area contributed by atoms with Crippen molar-refractivity contribution in [1.82, 2.24) is 0 Å². The molecule has 0 aliphatic carbocycles. The number of carbonyl (C=O) groups is 2. The van der Waals surface area contributed by atoms with E-state index in [9.17, 15) is 14.7 Å². The average molecular weight is 397 g/mol. The number of allylic oxidation sites excluding steroid dienone is 1. The number of rotatable bonds is 8. The lowest BCUT2D eigenvalue weighted by atomic mass is 10.1. The Morgan fingerprint density at radius 2 is 1.54 bits per heavy atom. The second-order valence-electron chi connectivity index (χ2n) is 6.06. The van der Waals surface area contributed by atoms with Crippen molar-refractivity contribution in [2.45, 2.75) is 27.0 Å². The number of thioether (sulfide) groups is 1. The Kier molecular flexibility index (Phi) is 8.49. The molecule has 0 bridgehead atoms. The van der Waals surface area contributed by atoms with E-state index < -0.39 is 5.97 Å². The summed E-state index contributed by atoms with van der Waals surface area (Å²) in [6.07, 6.45) is 0. The van der Waals surface area contributed by atoms with Crippen LogP contribution in [0.3, 0.4) is 0 Å². The second kappa shape index (κ2) is 11.1. The first-order chi connectivity index (χ1) is 13.5. The van der Waals surface area contributed by atoms with Crippen molar-refractivity contribution in [3.63, 3.8) is 0 Å². The molecule has 0 radical (unpaired) electrons. The lowest BCUT2D eigenvalue weighted by molar-refractivity contribution is -0.141. The number of Topliss-reactive ketones (excluding diaryl/α,β-unsaturated/α-hetero) is 1. The van der Waals surface area contributed by atoms with Crippen LogP contribution in [0.25, 0.3) is 0 Å². The van der Waals surface area contributed by atoms with Gasteiger partial charge in [-0.2, -0.15) is 0 Å². The summed E-state index contributed by atoms with van der Waals surface area (Å²) in [6, 6.07) is 18.9. The molecule has 146 valence electrons. The summed E-state index contributed by atoms with van der Waals surface area (Å²) in [5, 5.41) is 10.2. The Balaban J connectivity index is 2.05. The Morgan fingerprint density at radius 3 is 2.07 bits per heavy atom. The predicted molar refractivity (Wildman–Crippen MR) is 112 cm³/mol. The van der Waals surface area contributed by atoms with Crippen LogP contribution in [0, 0.1) is 0 Å². The first-order valence-electron chi connectivity index (χ1n) is 8.79. The van der Waals surface area contributed by atoms with Gasteiger partial charge in [0, 0.05) is 0 Å². The van der Waals surface area contributed by atoms with Gasteiger partial charge >= 0.3 is 5.97 Å². The number of hydrogen-bond donors (Lipinski definition) is 1. The summed E-state index contributed by atoms with van der Waals surface area (Å²) >= 11 is 1.09. The minimum absolute atomic E-state index is 0.00941. The molecular formula is C22H23NO4S. The molecule has 6 heteroatoms. The third-order valence-electron chi connectivity index (χ3n) is 3.75. The lowest BCUT2D eigenvalue weighted by Gasteiger charge is -2.10. The van der Waals surface area contributed by atoms with Crippen LogP contribution < -0.4 is 0 Å². The van der Waals surface area contributed by atoms with Crippen LogP contribution in [0.15, 0.2) is 77.0 Å². The summed E-state index contributed by atoms with van der Waals surface area (Å²) < 4.78 is 5.26. The van der Waals surface area contributed by atoms with E-state index in [0.717, 1.165) is 22.9 Å². The molecule has 0 spiro atoms. The van der Waals surface area contributed by atoms with Crippen LogP contribution in [-0.4, -0.2) is 27.7 Å². The van der Waals surface area contributed by atoms with Gasteiger partial charge in [-0.25, -0.2) is 0 Å². The van der Waals surface area contributed by atoms with Crippen molar-refractivity contribution >= 4 is 28.6 Å². The predicted octanol–water partition coefficient (Wildman–Crippen LogP) is 4.48. The third kappa shape index (κ3) is 7.04. The first kappa shape index (κ1) is 21.4. The topological polar surface area (TPSA) is 76.0 Å². The summed E-state index contributed by atoms with van der Waals surface area (Å²) in [4.78, 5) is 28.5. The molecular weight excluding hydrogens is 374 g/mol. The van der Waals surface area contributed by atoms with Crippen molar-refractivity contribution in [2.75, 3.05) is 5.75 Å². The molecule has 0 aliphatic heterocycles. The van der Waals surface area contributed by atoms with Gasteiger partial charge in [-0.3, -0.25) is 14.6 Å². The zero-order valence-corrected chi connectivity index (χ0v) is 16.7. The largest absolute Gasteiger partial charge is 0.512 e. The summed E-state index contributed by atoms with van der Waals surface area (Å²) in [5.41, 5.74) is 1.98. The van der Waals surface area contributed by atoms with Crippen LogP contribution in [-0.2, 0) is 27.5 Å². The number of hydrogen-bond acceptors (Lipinski definition) is 6. The maximum absolute atomic E-state index is 12.1. The highest BCUT2D eigenvalue weighted by molar-refractivity contribution is 8.15. The number of ketones is 1. The Morgan fingerprint density at radius 1 is 0.964 bits per heavy atom. The maximum Gasteiger partial charge on any atom is 0.316 e. The van der Waals surface area contributed by atoms with Crippen LogP contribution in [0.5, 0.6) is 0 Å². The van der Waals surface area contributed by atoms with Crippen molar-refractivity contribution in [2.24, 2.45) is 4.99 Å². The molecule has 0 unspecified atom stereocenters. The van der Waals surface area contributed by atoms with E-state index in [1.807, 2.05) is 60.7 Å². The summed E-state index contributed by atoms with van der Waals surface area (Å²) in [6.45, 7) is 3.32. The van der Waals surface area contributed by atoms with Crippen LogP contribution in [0.1, 0.15) is 25.0 Å². The van der Waals surface area contributed by atoms with Crippen molar-refractivity contribution in [1.29, 1.82) is 0 Å². The van der Waals surface area contributed by atoms with Gasteiger partial charge in [0.15, 0.2) is 5.78 Å². The van der Waals surface area contributed by atoms with E-state index >= 15 is 0 Å². The maximum atomic E-state index is 12.1. The Hall–Kier alpha value is -2.86. The monoisotopic (exact) mass is 397 g/mol. The zero-order valence-electron chi connectivity index (χ0n) is 15.9. The van der Waals surface area contributed by atoms with Gasteiger partial charge in [-0.1, -0.05) is 72.4 Å². The fourth-order valence-electron chi connectivity index (χ4n) is 2.41. The van der Waals surface area contributed by atoms with E-state index in [1.165, 1.54) is 13.8 Å². The molecule has 0 saturated heterocycles. The number of aliphatic imine (C=N–C) groups is 1. The van der Waals surface area contributed by atoms with E-state index in [2.05, 4.69) is 4.99 Å². The van der Waals surface area contributed by atoms with Crippen LogP contribution in [0.2, 0.25) is 0 Å². The molecule has 2 aromatic rings. The summed E-state index contributed by atoms with van der Waals surface area (Å²) in [7, 11) is 0. The quantitative estimate of drug-likeness (QED) is 0.234. The van der Waals surface area contributed by atoms with Gasteiger partial charge in [0.1, 0.15) is 17.4 Å². The molecule has 2 aromatic carbocycles. The zero-order chi connectivity index (χ0) is 20.4.